The smallest absolute Gasteiger partial charge is 0.169 e. The van der Waals surface area contributed by atoms with Gasteiger partial charge in [-0.1, -0.05) is 18.2 Å². The van der Waals surface area contributed by atoms with Crippen LogP contribution in [0.4, 0.5) is 5.69 Å². The van der Waals surface area contributed by atoms with Crippen molar-refractivity contribution in [3.63, 3.8) is 0 Å². The minimum atomic E-state index is 0.863. The molecule has 0 atom stereocenters. The van der Waals surface area contributed by atoms with Gasteiger partial charge in [0.1, 0.15) is 0 Å². The summed E-state index contributed by atoms with van der Waals surface area (Å²) in [6.07, 6.45) is 9.15. The second kappa shape index (κ2) is 7.69. The Labute approximate surface area is 144 Å². The first-order valence-electron chi connectivity index (χ1n) is 8.40. The molecular formula is C20H25N2S+. The Kier molecular flexibility index (Phi) is 5.39. The molecule has 1 aromatic heterocycles. The van der Waals surface area contributed by atoms with E-state index in [9.17, 15) is 0 Å². The summed E-state index contributed by atoms with van der Waals surface area (Å²) < 4.78 is 2.16. The first kappa shape index (κ1) is 16.1. The minimum absolute atomic E-state index is 0.863. The van der Waals surface area contributed by atoms with Crippen LogP contribution in [-0.2, 0) is 6.54 Å². The molecule has 2 heterocycles. The van der Waals surface area contributed by atoms with Gasteiger partial charge < -0.3 is 4.90 Å². The Balaban J connectivity index is 1.72. The maximum atomic E-state index is 4.27. The zero-order chi connectivity index (χ0) is 16.1. The van der Waals surface area contributed by atoms with Crippen molar-refractivity contribution in [2.75, 3.05) is 23.7 Å². The van der Waals surface area contributed by atoms with Crippen LogP contribution in [0.2, 0.25) is 0 Å². The highest BCUT2D eigenvalue weighted by atomic mass is 32.1. The molecule has 0 aliphatic carbocycles. The average Bonchev–Trinajstić information content (AvgIpc) is 3.11. The molecule has 3 heteroatoms. The Morgan fingerprint density at radius 3 is 2.35 bits per heavy atom. The molecule has 1 aromatic carbocycles. The summed E-state index contributed by atoms with van der Waals surface area (Å²) in [5.74, 6) is 0.863. The van der Waals surface area contributed by atoms with Gasteiger partial charge in [-0.2, -0.15) is 12.6 Å². The maximum absolute atomic E-state index is 4.27. The summed E-state index contributed by atoms with van der Waals surface area (Å²) in [5.41, 5.74) is 5.17. The lowest BCUT2D eigenvalue weighted by Gasteiger charge is -2.17. The van der Waals surface area contributed by atoms with E-state index in [0.717, 1.165) is 12.3 Å². The highest BCUT2D eigenvalue weighted by Gasteiger charge is 2.11. The van der Waals surface area contributed by atoms with Gasteiger partial charge in [-0.05, 0) is 48.6 Å². The molecule has 1 aliphatic rings. The normalized spacial score (nSPS) is 15.2. The molecule has 1 fully saturated rings. The van der Waals surface area contributed by atoms with Crippen molar-refractivity contribution >= 4 is 30.0 Å². The van der Waals surface area contributed by atoms with E-state index in [1.54, 1.807) is 0 Å². The lowest BCUT2D eigenvalue weighted by molar-refractivity contribution is -0.692. The Hall–Kier alpha value is -1.74. The fourth-order valence-corrected chi connectivity index (χ4v) is 3.31. The summed E-state index contributed by atoms with van der Waals surface area (Å²) in [6.45, 7) is 5.52. The summed E-state index contributed by atoms with van der Waals surface area (Å²) >= 11 is 4.27. The quantitative estimate of drug-likeness (QED) is 0.643. The number of benzene rings is 1. The lowest BCUT2D eigenvalue weighted by Crippen LogP contribution is -2.33. The van der Waals surface area contributed by atoms with Crippen molar-refractivity contribution in [1.82, 2.24) is 0 Å². The van der Waals surface area contributed by atoms with Crippen molar-refractivity contribution in [1.29, 1.82) is 0 Å². The van der Waals surface area contributed by atoms with Crippen LogP contribution in [0.1, 0.15) is 30.9 Å². The third kappa shape index (κ3) is 4.17. The molecule has 23 heavy (non-hydrogen) atoms. The number of hydrogen-bond acceptors (Lipinski definition) is 2. The zero-order valence-electron chi connectivity index (χ0n) is 13.8. The number of hydrogen-bond donors (Lipinski definition) is 1. The van der Waals surface area contributed by atoms with E-state index in [-0.39, 0.29) is 0 Å². The molecule has 0 spiro atoms. The predicted octanol–water partition coefficient (Wildman–Crippen LogP) is 4.06. The molecule has 0 radical (unpaired) electrons. The molecule has 1 saturated heterocycles. The van der Waals surface area contributed by atoms with E-state index in [2.05, 4.69) is 83.9 Å². The fourth-order valence-electron chi connectivity index (χ4n) is 3.07. The van der Waals surface area contributed by atoms with Gasteiger partial charge in [0.05, 0.1) is 0 Å². The molecule has 2 nitrogen and oxygen atoms in total. The Bertz CT molecular complexity index is 653. The first-order valence-corrected chi connectivity index (χ1v) is 9.03. The molecule has 0 bridgehead atoms. The van der Waals surface area contributed by atoms with Crippen molar-refractivity contribution < 1.29 is 4.57 Å². The van der Waals surface area contributed by atoms with E-state index >= 15 is 0 Å². The number of aryl methyl sites for hydroxylation is 1. The van der Waals surface area contributed by atoms with E-state index in [0.29, 0.717) is 0 Å². The van der Waals surface area contributed by atoms with Crippen LogP contribution >= 0.6 is 12.6 Å². The van der Waals surface area contributed by atoms with Crippen LogP contribution in [0.15, 0.2) is 48.8 Å². The molecule has 0 N–H and O–H groups in total. The number of rotatable bonds is 5. The molecule has 1 aliphatic heterocycles. The van der Waals surface area contributed by atoms with Crippen LogP contribution in [-0.4, -0.2) is 18.8 Å². The van der Waals surface area contributed by atoms with E-state index in [1.165, 1.54) is 48.3 Å². The van der Waals surface area contributed by atoms with Crippen LogP contribution in [0, 0.1) is 0 Å². The van der Waals surface area contributed by atoms with Crippen LogP contribution in [0.25, 0.3) is 11.6 Å². The van der Waals surface area contributed by atoms with E-state index < -0.39 is 0 Å². The van der Waals surface area contributed by atoms with E-state index in [4.69, 9.17) is 0 Å². The summed E-state index contributed by atoms with van der Waals surface area (Å²) in [4.78, 5) is 2.47. The molecule has 0 amide bonds. The summed E-state index contributed by atoms with van der Waals surface area (Å²) in [7, 11) is 0. The highest BCUT2D eigenvalue weighted by Crippen LogP contribution is 2.22. The first-order chi connectivity index (χ1) is 11.3. The molecule has 2 aromatic rings. The van der Waals surface area contributed by atoms with E-state index in [1.807, 2.05) is 0 Å². The van der Waals surface area contributed by atoms with Crippen molar-refractivity contribution in [3.05, 3.63) is 59.9 Å². The largest absolute Gasteiger partial charge is 0.372 e. The number of anilines is 1. The second-order valence-corrected chi connectivity index (χ2v) is 6.61. The zero-order valence-corrected chi connectivity index (χ0v) is 14.7. The minimum Gasteiger partial charge on any atom is -0.372 e. The van der Waals surface area contributed by atoms with Crippen LogP contribution < -0.4 is 9.47 Å². The second-order valence-electron chi connectivity index (χ2n) is 6.16. The van der Waals surface area contributed by atoms with Gasteiger partial charge in [0.15, 0.2) is 18.9 Å². The summed E-state index contributed by atoms with van der Waals surface area (Å²) in [5, 5.41) is 0. The number of aromatic nitrogens is 1. The van der Waals surface area contributed by atoms with Gasteiger partial charge in [-0.3, -0.25) is 0 Å². The monoisotopic (exact) mass is 325 g/mol. The van der Waals surface area contributed by atoms with Gasteiger partial charge in [-0.15, -0.1) is 0 Å². The lowest BCUT2D eigenvalue weighted by atomic mass is 10.1. The van der Waals surface area contributed by atoms with Gasteiger partial charge >= 0.3 is 0 Å². The molecule has 0 unspecified atom stereocenters. The SMILES string of the molecule is C/C(=C\c1ccc(N2CCCC2)cc1)c1cc[n+](CCS)cc1. The van der Waals surface area contributed by atoms with Crippen LogP contribution in [0.5, 0.6) is 0 Å². The highest BCUT2D eigenvalue weighted by molar-refractivity contribution is 7.80. The molecular weight excluding hydrogens is 300 g/mol. The van der Waals surface area contributed by atoms with Crippen molar-refractivity contribution in [3.8, 4) is 0 Å². The van der Waals surface area contributed by atoms with Gasteiger partial charge in [0.25, 0.3) is 0 Å². The molecule has 3 rings (SSSR count). The molecule has 0 saturated carbocycles. The topological polar surface area (TPSA) is 7.12 Å². The van der Waals surface area contributed by atoms with Crippen molar-refractivity contribution in [2.45, 2.75) is 26.3 Å². The number of nitrogens with zero attached hydrogens (tertiary/aromatic N) is 2. The third-order valence-electron chi connectivity index (χ3n) is 4.45. The average molecular weight is 326 g/mol. The maximum Gasteiger partial charge on any atom is 0.169 e. The van der Waals surface area contributed by atoms with Gasteiger partial charge in [0, 0.05) is 36.7 Å². The van der Waals surface area contributed by atoms with Crippen LogP contribution in [0.3, 0.4) is 0 Å². The molecule has 120 valence electrons. The Morgan fingerprint density at radius 1 is 1.09 bits per heavy atom. The van der Waals surface area contributed by atoms with Gasteiger partial charge in [-0.25, -0.2) is 4.57 Å². The third-order valence-corrected chi connectivity index (χ3v) is 4.65. The standard InChI is InChI=1S/C20H24N2S/c1-17(19-8-12-21(13-9-19)14-15-23)16-18-4-6-20(7-5-18)22-10-2-3-11-22/h4-9,12-13,16H,2-3,10-11,14-15H2,1H3/p+1. The van der Waals surface area contributed by atoms with Gasteiger partial charge in [0.2, 0.25) is 0 Å². The number of thiol groups is 1. The fraction of sp³-hybridized carbons (Fsp3) is 0.350. The van der Waals surface area contributed by atoms with Crippen molar-refractivity contribution in [2.24, 2.45) is 0 Å². The number of allylic oxidation sites excluding steroid dienone is 1. The number of pyridine rings is 1. The Morgan fingerprint density at radius 2 is 1.74 bits per heavy atom. The predicted molar refractivity (Wildman–Crippen MR) is 102 cm³/mol. The summed E-state index contributed by atoms with van der Waals surface area (Å²) in [6, 6.07) is 13.3.